The van der Waals surface area contributed by atoms with E-state index in [-0.39, 0.29) is 36.2 Å². The summed E-state index contributed by atoms with van der Waals surface area (Å²) in [6.07, 6.45) is -0.289. The van der Waals surface area contributed by atoms with Crippen molar-refractivity contribution in [3.63, 3.8) is 0 Å². The van der Waals surface area contributed by atoms with Crippen molar-refractivity contribution >= 4 is 12.1 Å². The Hall–Kier alpha value is -2.24. The molecule has 0 unspecified atom stereocenters. The molecule has 0 aliphatic carbocycles. The predicted molar refractivity (Wildman–Crippen MR) is 78.5 cm³/mol. The first-order valence-corrected chi connectivity index (χ1v) is 7.12. The van der Waals surface area contributed by atoms with Crippen LogP contribution < -0.4 is 10.6 Å². The molecule has 0 bridgehead atoms. The summed E-state index contributed by atoms with van der Waals surface area (Å²) in [6, 6.07) is 9.57. The van der Waals surface area contributed by atoms with E-state index in [0.717, 1.165) is 5.56 Å². The number of nitrogens with zero attached hydrogens (tertiary/aromatic N) is 2. The average Bonchev–Trinajstić information content (AvgIpc) is 2.48. The van der Waals surface area contributed by atoms with E-state index >= 15 is 0 Å². The molecule has 2 saturated heterocycles. The first-order chi connectivity index (χ1) is 10.0. The second kappa shape index (κ2) is 4.95. The maximum Gasteiger partial charge on any atom is 0.319 e. The van der Waals surface area contributed by atoms with Crippen LogP contribution in [0.1, 0.15) is 18.5 Å². The standard InChI is InChI=1S/C15H20N4O2/c1-9-11-12(10-7-5-4-6-8-10)18(2)15(21)17-13(11)19(3)14(20)16-9/h4-9,11-13H,1-3H3,(H,16,20)(H,17,21)/t9-,11-,12+,13+/m1/s1. The van der Waals surface area contributed by atoms with Crippen LogP contribution in [0.15, 0.2) is 30.3 Å². The fourth-order valence-corrected chi connectivity index (χ4v) is 3.40. The lowest BCUT2D eigenvalue weighted by Gasteiger charge is -2.52. The van der Waals surface area contributed by atoms with Crippen molar-refractivity contribution in [1.29, 1.82) is 0 Å². The number of carbonyl (C=O) groups is 2. The summed E-state index contributed by atoms with van der Waals surface area (Å²) in [5.74, 6) is 0.0813. The zero-order chi connectivity index (χ0) is 15.1. The summed E-state index contributed by atoms with van der Waals surface area (Å²) in [4.78, 5) is 27.5. The number of amides is 4. The Balaban J connectivity index is 2.03. The molecule has 21 heavy (non-hydrogen) atoms. The highest BCUT2D eigenvalue weighted by Gasteiger charge is 2.49. The maximum atomic E-state index is 12.2. The number of urea groups is 2. The highest BCUT2D eigenvalue weighted by molar-refractivity contribution is 5.80. The minimum Gasteiger partial charge on any atom is -0.335 e. The van der Waals surface area contributed by atoms with Crippen LogP contribution in [-0.4, -0.2) is 48.2 Å². The highest BCUT2D eigenvalue weighted by atomic mass is 16.2. The quantitative estimate of drug-likeness (QED) is 0.819. The fourth-order valence-electron chi connectivity index (χ4n) is 3.40. The molecule has 2 fully saturated rings. The third-order valence-electron chi connectivity index (χ3n) is 4.55. The van der Waals surface area contributed by atoms with E-state index in [1.807, 2.05) is 37.3 Å². The van der Waals surface area contributed by atoms with Crippen molar-refractivity contribution in [1.82, 2.24) is 20.4 Å². The minimum absolute atomic E-state index is 0.0213. The van der Waals surface area contributed by atoms with Gasteiger partial charge in [-0.2, -0.15) is 0 Å². The van der Waals surface area contributed by atoms with Crippen LogP contribution >= 0.6 is 0 Å². The van der Waals surface area contributed by atoms with E-state index < -0.39 is 0 Å². The highest BCUT2D eigenvalue weighted by Crippen LogP contribution is 2.38. The Labute approximate surface area is 124 Å². The molecule has 1 aromatic rings. The Kier molecular flexibility index (Phi) is 3.23. The average molecular weight is 288 g/mol. The van der Waals surface area contributed by atoms with Gasteiger partial charge in [0.2, 0.25) is 0 Å². The molecule has 0 spiro atoms. The number of nitrogens with one attached hydrogen (secondary N) is 2. The summed E-state index contributed by atoms with van der Waals surface area (Å²) in [7, 11) is 3.51. The fraction of sp³-hybridized carbons (Fsp3) is 0.467. The molecule has 3 rings (SSSR count). The molecule has 4 atom stereocenters. The van der Waals surface area contributed by atoms with Gasteiger partial charge in [-0.25, -0.2) is 9.59 Å². The van der Waals surface area contributed by atoms with Crippen molar-refractivity contribution in [3.05, 3.63) is 35.9 Å². The Morgan fingerprint density at radius 3 is 2.24 bits per heavy atom. The monoisotopic (exact) mass is 288 g/mol. The van der Waals surface area contributed by atoms with E-state index in [0.29, 0.717) is 0 Å². The van der Waals surface area contributed by atoms with Gasteiger partial charge in [0.25, 0.3) is 0 Å². The molecular formula is C15H20N4O2. The van der Waals surface area contributed by atoms with Crippen LogP contribution in [-0.2, 0) is 0 Å². The molecule has 0 saturated carbocycles. The number of hydrogen-bond acceptors (Lipinski definition) is 2. The van der Waals surface area contributed by atoms with E-state index in [1.54, 1.807) is 23.9 Å². The molecule has 0 aromatic heterocycles. The van der Waals surface area contributed by atoms with Crippen LogP contribution in [0.25, 0.3) is 0 Å². The lowest BCUT2D eigenvalue weighted by molar-refractivity contribution is 0.0248. The van der Waals surface area contributed by atoms with Crippen molar-refractivity contribution < 1.29 is 9.59 Å². The molecule has 2 aliphatic heterocycles. The molecule has 2 aliphatic rings. The molecule has 4 amide bonds. The minimum atomic E-state index is -0.289. The number of benzene rings is 1. The second-order valence-corrected chi connectivity index (χ2v) is 5.79. The van der Waals surface area contributed by atoms with Gasteiger partial charge in [-0.1, -0.05) is 30.3 Å². The summed E-state index contributed by atoms with van der Waals surface area (Å²) in [6.45, 7) is 1.99. The van der Waals surface area contributed by atoms with Crippen molar-refractivity contribution in [2.45, 2.75) is 25.2 Å². The molecule has 6 nitrogen and oxygen atoms in total. The van der Waals surface area contributed by atoms with E-state index in [1.165, 1.54) is 0 Å². The van der Waals surface area contributed by atoms with Crippen molar-refractivity contribution in [3.8, 4) is 0 Å². The number of fused-ring (bicyclic) bond motifs is 1. The Morgan fingerprint density at radius 2 is 1.57 bits per heavy atom. The van der Waals surface area contributed by atoms with Crippen molar-refractivity contribution in [2.75, 3.05) is 14.1 Å². The zero-order valence-corrected chi connectivity index (χ0v) is 12.4. The third kappa shape index (κ3) is 2.11. The van der Waals surface area contributed by atoms with Crippen LogP contribution in [0.4, 0.5) is 9.59 Å². The lowest BCUT2D eigenvalue weighted by Crippen LogP contribution is -2.71. The number of hydrogen-bond donors (Lipinski definition) is 2. The van der Waals surface area contributed by atoms with E-state index in [2.05, 4.69) is 10.6 Å². The zero-order valence-electron chi connectivity index (χ0n) is 12.4. The third-order valence-corrected chi connectivity index (χ3v) is 4.55. The SMILES string of the molecule is C[C@H]1NC(=O)N(C)[C@@H]2NC(=O)N(C)[C@@H](c3ccccc3)[C@H]21. The summed E-state index contributed by atoms with van der Waals surface area (Å²) >= 11 is 0. The molecule has 6 heteroatoms. The van der Waals surface area contributed by atoms with Gasteiger partial charge in [0.05, 0.1) is 6.04 Å². The molecule has 1 aromatic carbocycles. The first-order valence-electron chi connectivity index (χ1n) is 7.12. The Bertz CT molecular complexity index is 562. The van der Waals surface area contributed by atoms with Gasteiger partial charge in [0.15, 0.2) is 0 Å². The molecule has 2 N–H and O–H groups in total. The van der Waals surface area contributed by atoms with Gasteiger partial charge in [-0.15, -0.1) is 0 Å². The van der Waals surface area contributed by atoms with Gasteiger partial charge in [0.1, 0.15) is 6.17 Å². The Morgan fingerprint density at radius 1 is 0.952 bits per heavy atom. The number of rotatable bonds is 1. The number of carbonyl (C=O) groups excluding carboxylic acids is 2. The van der Waals surface area contributed by atoms with Crippen LogP contribution in [0.5, 0.6) is 0 Å². The predicted octanol–water partition coefficient (Wildman–Crippen LogP) is 1.37. The summed E-state index contributed by atoms with van der Waals surface area (Å²) in [5.41, 5.74) is 1.08. The molecule has 112 valence electrons. The first kappa shape index (κ1) is 13.7. The largest absolute Gasteiger partial charge is 0.335 e. The second-order valence-electron chi connectivity index (χ2n) is 5.79. The normalized spacial score (nSPS) is 32.3. The smallest absolute Gasteiger partial charge is 0.319 e. The van der Waals surface area contributed by atoms with Crippen LogP contribution in [0.3, 0.4) is 0 Å². The van der Waals surface area contributed by atoms with Crippen molar-refractivity contribution in [2.24, 2.45) is 5.92 Å². The summed E-state index contributed by atoms with van der Waals surface area (Å²) < 4.78 is 0. The van der Waals surface area contributed by atoms with E-state index in [4.69, 9.17) is 0 Å². The van der Waals surface area contributed by atoms with E-state index in [9.17, 15) is 9.59 Å². The van der Waals surface area contributed by atoms with Gasteiger partial charge < -0.3 is 20.4 Å². The van der Waals surface area contributed by atoms with Gasteiger partial charge >= 0.3 is 12.1 Å². The van der Waals surface area contributed by atoms with Crippen LogP contribution in [0, 0.1) is 5.92 Å². The maximum absolute atomic E-state index is 12.2. The van der Waals surface area contributed by atoms with Gasteiger partial charge in [0, 0.05) is 26.1 Å². The van der Waals surface area contributed by atoms with Gasteiger partial charge in [-0.3, -0.25) is 0 Å². The van der Waals surface area contributed by atoms with Gasteiger partial charge in [-0.05, 0) is 12.5 Å². The van der Waals surface area contributed by atoms with Crippen LogP contribution in [0.2, 0.25) is 0 Å². The summed E-state index contributed by atoms with van der Waals surface area (Å²) in [5, 5.41) is 5.90. The lowest BCUT2D eigenvalue weighted by atomic mass is 9.81. The molecule has 0 radical (unpaired) electrons. The molecule has 2 heterocycles. The topological polar surface area (TPSA) is 64.7 Å². The molecular weight excluding hydrogens is 268 g/mol.